The molecule has 7 heteroatoms. The van der Waals surface area contributed by atoms with Gasteiger partial charge in [-0.25, -0.2) is 4.79 Å². The molecule has 3 aromatic rings. The van der Waals surface area contributed by atoms with Crippen LogP contribution >= 0.6 is 22.9 Å². The van der Waals surface area contributed by atoms with Crippen molar-refractivity contribution in [2.45, 2.75) is 13.8 Å². The van der Waals surface area contributed by atoms with Crippen LogP contribution in [0.15, 0.2) is 53.9 Å². The molecule has 0 bridgehead atoms. The lowest BCUT2D eigenvalue weighted by molar-refractivity contribution is -0.118. The SMILES string of the molecule is CCOC(=O)c1c(-c2ccc(C)cc2)csc1NC(=O)COc1ccc(Cl)cc1. The second kappa shape index (κ2) is 9.58. The molecule has 150 valence electrons. The third-order valence-corrected chi connectivity index (χ3v) is 5.22. The normalized spacial score (nSPS) is 10.4. The Morgan fingerprint density at radius 1 is 1.07 bits per heavy atom. The number of amides is 1. The Morgan fingerprint density at radius 3 is 2.41 bits per heavy atom. The molecule has 5 nitrogen and oxygen atoms in total. The van der Waals surface area contributed by atoms with Gasteiger partial charge in [-0.2, -0.15) is 0 Å². The topological polar surface area (TPSA) is 64.6 Å². The molecule has 0 saturated heterocycles. The van der Waals surface area contributed by atoms with Crippen LogP contribution in [0.1, 0.15) is 22.8 Å². The first-order valence-corrected chi connectivity index (χ1v) is 10.3. The molecule has 1 amide bonds. The maximum atomic E-state index is 12.6. The van der Waals surface area contributed by atoms with E-state index in [1.807, 2.05) is 36.6 Å². The third kappa shape index (κ3) is 5.37. The molecule has 0 saturated carbocycles. The number of nitrogens with one attached hydrogen (secondary N) is 1. The van der Waals surface area contributed by atoms with Crippen LogP contribution in [0.25, 0.3) is 11.1 Å². The van der Waals surface area contributed by atoms with Crippen LogP contribution < -0.4 is 10.1 Å². The number of anilines is 1. The minimum absolute atomic E-state index is 0.193. The van der Waals surface area contributed by atoms with E-state index < -0.39 is 5.97 Å². The number of halogens is 1. The second-order valence-corrected chi connectivity index (χ2v) is 7.55. The Labute approximate surface area is 178 Å². The van der Waals surface area contributed by atoms with Crippen molar-refractivity contribution in [3.8, 4) is 16.9 Å². The van der Waals surface area contributed by atoms with Crippen LogP contribution in [-0.2, 0) is 9.53 Å². The highest BCUT2D eigenvalue weighted by atomic mass is 35.5. The average molecular weight is 430 g/mol. The van der Waals surface area contributed by atoms with Gasteiger partial charge in [-0.1, -0.05) is 41.4 Å². The minimum atomic E-state index is -0.474. The molecule has 0 aliphatic heterocycles. The average Bonchev–Trinajstić information content (AvgIpc) is 3.12. The van der Waals surface area contributed by atoms with Crippen molar-refractivity contribution in [1.82, 2.24) is 0 Å². The molecule has 1 N–H and O–H groups in total. The molecule has 2 aromatic carbocycles. The van der Waals surface area contributed by atoms with Gasteiger partial charge in [0.1, 0.15) is 16.3 Å². The molecule has 0 radical (unpaired) electrons. The number of thiophene rings is 1. The Balaban J connectivity index is 1.78. The summed E-state index contributed by atoms with van der Waals surface area (Å²) in [5.41, 5.74) is 3.07. The lowest BCUT2D eigenvalue weighted by Crippen LogP contribution is -2.21. The van der Waals surface area contributed by atoms with E-state index in [4.69, 9.17) is 21.1 Å². The zero-order valence-corrected chi connectivity index (χ0v) is 17.6. The largest absolute Gasteiger partial charge is 0.484 e. The van der Waals surface area contributed by atoms with E-state index in [0.717, 1.165) is 16.7 Å². The molecular formula is C22H20ClNO4S. The molecule has 29 heavy (non-hydrogen) atoms. The minimum Gasteiger partial charge on any atom is -0.484 e. The molecule has 1 aromatic heterocycles. The van der Waals surface area contributed by atoms with Crippen molar-refractivity contribution in [2.24, 2.45) is 0 Å². The summed E-state index contributed by atoms with van der Waals surface area (Å²) < 4.78 is 10.7. The summed E-state index contributed by atoms with van der Waals surface area (Å²) in [6, 6.07) is 14.5. The molecular weight excluding hydrogens is 410 g/mol. The summed E-state index contributed by atoms with van der Waals surface area (Å²) in [6.45, 7) is 3.79. The second-order valence-electron chi connectivity index (χ2n) is 6.23. The van der Waals surface area contributed by atoms with Gasteiger partial charge in [0.15, 0.2) is 6.61 Å². The number of esters is 1. The maximum Gasteiger partial charge on any atom is 0.341 e. The van der Waals surface area contributed by atoms with E-state index in [-0.39, 0.29) is 19.1 Å². The summed E-state index contributed by atoms with van der Waals surface area (Å²) in [5.74, 6) is -0.317. The first kappa shape index (κ1) is 20.9. The lowest BCUT2D eigenvalue weighted by atomic mass is 10.0. The summed E-state index contributed by atoms with van der Waals surface area (Å²) in [5, 5.41) is 5.62. The van der Waals surface area contributed by atoms with Gasteiger partial charge in [-0.3, -0.25) is 4.79 Å². The Kier molecular flexibility index (Phi) is 6.90. The highest BCUT2D eigenvalue weighted by Crippen LogP contribution is 2.36. The molecule has 0 unspecified atom stereocenters. The van der Waals surface area contributed by atoms with E-state index in [0.29, 0.717) is 21.3 Å². The summed E-state index contributed by atoms with van der Waals surface area (Å²) >= 11 is 7.11. The molecule has 0 atom stereocenters. The van der Waals surface area contributed by atoms with Crippen molar-refractivity contribution in [1.29, 1.82) is 0 Å². The summed E-state index contributed by atoms with van der Waals surface area (Å²) in [6.07, 6.45) is 0. The zero-order valence-electron chi connectivity index (χ0n) is 16.0. The molecule has 1 heterocycles. The molecule has 0 aliphatic carbocycles. The van der Waals surface area contributed by atoms with Crippen molar-refractivity contribution in [3.05, 3.63) is 70.1 Å². The molecule has 0 spiro atoms. The highest BCUT2D eigenvalue weighted by molar-refractivity contribution is 7.15. The number of benzene rings is 2. The van der Waals surface area contributed by atoms with Crippen molar-refractivity contribution < 1.29 is 19.1 Å². The number of carbonyl (C=O) groups excluding carboxylic acids is 2. The summed E-state index contributed by atoms with van der Waals surface area (Å²) in [4.78, 5) is 24.9. The van der Waals surface area contributed by atoms with Crippen LogP contribution in [0, 0.1) is 6.92 Å². The van der Waals surface area contributed by atoms with E-state index >= 15 is 0 Å². The van der Waals surface area contributed by atoms with Gasteiger partial charge in [0.2, 0.25) is 0 Å². The first-order chi connectivity index (χ1) is 14.0. The van der Waals surface area contributed by atoms with Crippen molar-refractivity contribution in [2.75, 3.05) is 18.5 Å². The van der Waals surface area contributed by atoms with Gasteiger partial charge in [-0.15, -0.1) is 11.3 Å². The number of hydrogen-bond acceptors (Lipinski definition) is 5. The number of hydrogen-bond donors (Lipinski definition) is 1. The molecule has 0 fully saturated rings. The maximum absolute atomic E-state index is 12.6. The third-order valence-electron chi connectivity index (χ3n) is 4.07. The Hall–Kier alpha value is -2.83. The van der Waals surface area contributed by atoms with Gasteiger partial charge in [0.25, 0.3) is 5.91 Å². The fraction of sp³-hybridized carbons (Fsp3) is 0.182. The monoisotopic (exact) mass is 429 g/mol. The van der Waals surface area contributed by atoms with Gasteiger partial charge >= 0.3 is 5.97 Å². The fourth-order valence-electron chi connectivity index (χ4n) is 2.64. The predicted molar refractivity (Wildman–Crippen MR) is 116 cm³/mol. The Bertz CT molecular complexity index is 997. The lowest BCUT2D eigenvalue weighted by Gasteiger charge is -2.10. The quantitative estimate of drug-likeness (QED) is 0.498. The van der Waals surface area contributed by atoms with Crippen molar-refractivity contribution >= 4 is 39.8 Å². The molecule has 3 rings (SSSR count). The Morgan fingerprint density at radius 2 is 1.76 bits per heavy atom. The zero-order chi connectivity index (χ0) is 20.8. The van der Waals surface area contributed by atoms with E-state index in [1.54, 1.807) is 31.2 Å². The van der Waals surface area contributed by atoms with Crippen LogP contribution in [-0.4, -0.2) is 25.1 Å². The molecule has 0 aliphatic rings. The van der Waals surface area contributed by atoms with Crippen LogP contribution in [0.4, 0.5) is 5.00 Å². The number of carbonyl (C=O) groups is 2. The number of ether oxygens (including phenoxy) is 2. The highest BCUT2D eigenvalue weighted by Gasteiger charge is 2.22. The van der Waals surface area contributed by atoms with E-state index in [9.17, 15) is 9.59 Å². The smallest absolute Gasteiger partial charge is 0.341 e. The standard InChI is InChI=1S/C22H20ClNO4S/c1-3-27-22(26)20-18(15-6-4-14(2)5-7-15)13-29-21(20)24-19(25)12-28-17-10-8-16(23)9-11-17/h4-11,13H,3,12H2,1-2H3,(H,24,25). The van der Waals surface area contributed by atoms with Crippen LogP contribution in [0.3, 0.4) is 0 Å². The van der Waals surface area contributed by atoms with E-state index in [1.165, 1.54) is 11.3 Å². The van der Waals surface area contributed by atoms with Gasteiger partial charge in [-0.05, 0) is 43.7 Å². The van der Waals surface area contributed by atoms with Gasteiger partial charge in [0.05, 0.1) is 6.61 Å². The van der Waals surface area contributed by atoms with E-state index in [2.05, 4.69) is 5.32 Å². The van der Waals surface area contributed by atoms with Crippen LogP contribution in [0.2, 0.25) is 5.02 Å². The number of aryl methyl sites for hydroxylation is 1. The number of rotatable bonds is 7. The van der Waals surface area contributed by atoms with Crippen LogP contribution in [0.5, 0.6) is 5.75 Å². The first-order valence-electron chi connectivity index (χ1n) is 9.01. The fourth-order valence-corrected chi connectivity index (χ4v) is 3.74. The van der Waals surface area contributed by atoms with Crippen molar-refractivity contribution in [3.63, 3.8) is 0 Å². The van der Waals surface area contributed by atoms with Gasteiger partial charge < -0.3 is 14.8 Å². The van der Waals surface area contributed by atoms with Gasteiger partial charge in [0, 0.05) is 16.0 Å². The predicted octanol–water partition coefficient (Wildman–Crippen LogP) is 5.57. The summed E-state index contributed by atoms with van der Waals surface area (Å²) in [7, 11) is 0.